The van der Waals surface area contributed by atoms with Gasteiger partial charge in [-0.3, -0.25) is 0 Å². The summed E-state index contributed by atoms with van der Waals surface area (Å²) in [4.78, 5) is 8.00. The largest absolute Gasteiger partial charge is 0.236 e. The number of halogens is 1. The van der Waals surface area contributed by atoms with Gasteiger partial charge in [-0.1, -0.05) is 0 Å². The van der Waals surface area contributed by atoms with E-state index in [9.17, 15) is 4.39 Å². The second-order valence-corrected chi connectivity index (χ2v) is 2.88. The minimum Gasteiger partial charge on any atom is -0.236 e. The molecule has 0 spiro atoms. The summed E-state index contributed by atoms with van der Waals surface area (Å²) < 4.78 is 12.7. The van der Waals surface area contributed by atoms with Gasteiger partial charge < -0.3 is 0 Å². The van der Waals surface area contributed by atoms with Crippen LogP contribution >= 0.6 is 0 Å². The van der Waals surface area contributed by atoms with Gasteiger partial charge in [0.05, 0.1) is 0 Å². The minimum absolute atomic E-state index is 0.296. The number of nitriles is 1. The summed E-state index contributed by atoms with van der Waals surface area (Å²) in [6, 6.07) is 9.26. The zero-order chi connectivity index (χ0) is 10.7. The van der Waals surface area contributed by atoms with Crippen molar-refractivity contribution in [3.05, 3.63) is 48.0 Å². The van der Waals surface area contributed by atoms with Crippen LogP contribution in [0.15, 0.2) is 36.5 Å². The van der Waals surface area contributed by atoms with Crippen molar-refractivity contribution in [2.75, 3.05) is 0 Å². The van der Waals surface area contributed by atoms with Crippen molar-refractivity contribution in [3.8, 4) is 17.5 Å². The summed E-state index contributed by atoms with van der Waals surface area (Å²) in [5.41, 5.74) is 0.984. The van der Waals surface area contributed by atoms with Crippen molar-refractivity contribution in [1.82, 2.24) is 9.97 Å². The summed E-state index contributed by atoms with van der Waals surface area (Å²) in [5, 5.41) is 8.65. The normalized spacial score (nSPS) is 9.60. The molecule has 1 aromatic carbocycles. The number of hydrogen-bond donors (Lipinski definition) is 0. The predicted octanol–water partition coefficient (Wildman–Crippen LogP) is 2.15. The summed E-state index contributed by atoms with van der Waals surface area (Å²) in [6.45, 7) is 0. The van der Waals surface area contributed by atoms with E-state index >= 15 is 0 Å². The zero-order valence-electron chi connectivity index (χ0n) is 7.68. The molecule has 0 unspecified atom stereocenters. The molecule has 3 nitrogen and oxygen atoms in total. The average Bonchev–Trinajstić information content (AvgIpc) is 2.30. The molecule has 0 atom stereocenters. The van der Waals surface area contributed by atoms with Crippen LogP contribution in [-0.4, -0.2) is 9.97 Å². The first-order valence-electron chi connectivity index (χ1n) is 4.28. The molecular weight excluding hydrogens is 193 g/mol. The number of hydrogen-bond acceptors (Lipinski definition) is 3. The molecule has 0 saturated heterocycles. The summed E-state index contributed by atoms with van der Waals surface area (Å²) >= 11 is 0. The Balaban J connectivity index is 2.46. The van der Waals surface area contributed by atoms with Crippen LogP contribution in [0.25, 0.3) is 11.4 Å². The molecule has 2 rings (SSSR count). The van der Waals surface area contributed by atoms with E-state index in [2.05, 4.69) is 9.97 Å². The highest BCUT2D eigenvalue weighted by Gasteiger charge is 2.01. The topological polar surface area (TPSA) is 49.6 Å². The van der Waals surface area contributed by atoms with E-state index in [4.69, 9.17) is 5.26 Å². The predicted molar refractivity (Wildman–Crippen MR) is 52.1 cm³/mol. The third-order valence-electron chi connectivity index (χ3n) is 1.87. The van der Waals surface area contributed by atoms with Gasteiger partial charge in [-0.15, -0.1) is 0 Å². The Morgan fingerprint density at radius 1 is 1.13 bits per heavy atom. The Bertz CT molecular complexity index is 514. The van der Waals surface area contributed by atoms with Crippen molar-refractivity contribution in [2.24, 2.45) is 0 Å². The SMILES string of the molecule is N#Cc1ccnc(-c2ccc(F)cc2)n1. The molecule has 0 saturated carbocycles. The molecule has 0 aliphatic rings. The van der Waals surface area contributed by atoms with E-state index < -0.39 is 0 Å². The monoisotopic (exact) mass is 199 g/mol. The highest BCUT2D eigenvalue weighted by atomic mass is 19.1. The molecule has 72 valence electrons. The number of aromatic nitrogens is 2. The maximum absolute atomic E-state index is 12.7. The van der Waals surface area contributed by atoms with Crippen molar-refractivity contribution >= 4 is 0 Å². The van der Waals surface area contributed by atoms with E-state index in [0.717, 1.165) is 0 Å². The quantitative estimate of drug-likeness (QED) is 0.707. The fourth-order valence-electron chi connectivity index (χ4n) is 1.16. The minimum atomic E-state index is -0.310. The maximum Gasteiger partial charge on any atom is 0.160 e. The van der Waals surface area contributed by atoms with E-state index in [1.54, 1.807) is 12.1 Å². The van der Waals surface area contributed by atoms with Gasteiger partial charge in [0, 0.05) is 11.8 Å². The fraction of sp³-hybridized carbons (Fsp3) is 0. The van der Waals surface area contributed by atoms with Crippen molar-refractivity contribution in [2.45, 2.75) is 0 Å². The van der Waals surface area contributed by atoms with Crippen LogP contribution in [0.5, 0.6) is 0 Å². The molecule has 1 aromatic heterocycles. The third kappa shape index (κ3) is 1.97. The maximum atomic E-state index is 12.7. The Labute approximate surface area is 85.9 Å². The first-order chi connectivity index (χ1) is 7.29. The van der Waals surface area contributed by atoms with Crippen LogP contribution in [-0.2, 0) is 0 Å². The molecule has 0 aliphatic heterocycles. The smallest absolute Gasteiger partial charge is 0.160 e. The molecule has 0 radical (unpaired) electrons. The second-order valence-electron chi connectivity index (χ2n) is 2.88. The molecule has 0 amide bonds. The lowest BCUT2D eigenvalue weighted by Crippen LogP contribution is -1.91. The second kappa shape index (κ2) is 3.84. The van der Waals surface area contributed by atoms with Gasteiger partial charge in [0.1, 0.15) is 17.6 Å². The van der Waals surface area contributed by atoms with E-state index in [1.165, 1.54) is 24.4 Å². The molecule has 0 aliphatic carbocycles. The van der Waals surface area contributed by atoms with Gasteiger partial charge in [0.15, 0.2) is 5.82 Å². The van der Waals surface area contributed by atoms with Crippen LogP contribution in [0.2, 0.25) is 0 Å². The molecule has 4 heteroatoms. The van der Waals surface area contributed by atoms with Crippen molar-refractivity contribution in [3.63, 3.8) is 0 Å². The first kappa shape index (κ1) is 9.28. The van der Waals surface area contributed by atoms with Gasteiger partial charge in [0.2, 0.25) is 0 Å². The summed E-state index contributed by atoms with van der Waals surface area (Å²) in [5.74, 6) is 0.115. The van der Waals surface area contributed by atoms with Gasteiger partial charge >= 0.3 is 0 Å². The molecule has 15 heavy (non-hydrogen) atoms. The Kier molecular flexibility index (Phi) is 2.38. The van der Waals surface area contributed by atoms with Crippen LogP contribution in [0, 0.1) is 17.1 Å². The third-order valence-corrected chi connectivity index (χ3v) is 1.87. The van der Waals surface area contributed by atoms with E-state index in [1.807, 2.05) is 6.07 Å². The molecule has 0 N–H and O–H groups in total. The van der Waals surface area contributed by atoms with Crippen LogP contribution < -0.4 is 0 Å². The summed E-state index contributed by atoms with van der Waals surface area (Å²) in [7, 11) is 0. The fourth-order valence-corrected chi connectivity index (χ4v) is 1.16. The number of rotatable bonds is 1. The van der Waals surface area contributed by atoms with Gasteiger partial charge in [-0.2, -0.15) is 5.26 Å². The molecule has 2 aromatic rings. The molecule has 1 heterocycles. The van der Waals surface area contributed by atoms with Gasteiger partial charge in [0.25, 0.3) is 0 Å². The van der Waals surface area contributed by atoms with Crippen molar-refractivity contribution < 1.29 is 4.39 Å². The zero-order valence-corrected chi connectivity index (χ0v) is 7.68. The highest BCUT2D eigenvalue weighted by molar-refractivity contribution is 5.54. The lowest BCUT2D eigenvalue weighted by molar-refractivity contribution is 0.628. The van der Waals surface area contributed by atoms with Crippen molar-refractivity contribution in [1.29, 1.82) is 5.26 Å². The van der Waals surface area contributed by atoms with Gasteiger partial charge in [-0.25, -0.2) is 14.4 Å². The standard InChI is InChI=1S/C11H6FN3/c12-9-3-1-8(2-4-9)11-14-6-5-10(7-13)15-11/h1-6H. The highest BCUT2D eigenvalue weighted by Crippen LogP contribution is 2.14. The van der Waals surface area contributed by atoms with Crippen LogP contribution in [0.4, 0.5) is 4.39 Å². The lowest BCUT2D eigenvalue weighted by atomic mass is 10.2. The van der Waals surface area contributed by atoms with E-state index in [-0.39, 0.29) is 5.82 Å². The Morgan fingerprint density at radius 2 is 1.87 bits per heavy atom. The number of nitrogens with zero attached hydrogens (tertiary/aromatic N) is 3. The first-order valence-corrected chi connectivity index (χ1v) is 4.28. The van der Waals surface area contributed by atoms with Crippen LogP contribution in [0.3, 0.4) is 0 Å². The lowest BCUT2D eigenvalue weighted by Gasteiger charge is -1.98. The Morgan fingerprint density at radius 3 is 2.53 bits per heavy atom. The molecule has 0 bridgehead atoms. The average molecular weight is 199 g/mol. The molecule has 0 fully saturated rings. The number of benzene rings is 1. The Hall–Kier alpha value is -2.28. The van der Waals surface area contributed by atoms with Crippen LogP contribution in [0.1, 0.15) is 5.69 Å². The van der Waals surface area contributed by atoms with E-state index in [0.29, 0.717) is 17.1 Å². The van der Waals surface area contributed by atoms with Gasteiger partial charge in [-0.05, 0) is 30.3 Å². The molecular formula is C11H6FN3. The summed E-state index contributed by atoms with van der Waals surface area (Å²) in [6.07, 6.45) is 1.50.